The van der Waals surface area contributed by atoms with Gasteiger partial charge < -0.3 is 4.74 Å². The number of esters is 1. The molecule has 1 unspecified atom stereocenters. The number of Topliss-reactive ketones (excluding diaryl/α,β-unsaturated/α-hetero) is 1. The van der Waals surface area contributed by atoms with E-state index >= 15 is 0 Å². The number of carbonyl (C=O) groups excluding carboxylic acids is 2. The summed E-state index contributed by atoms with van der Waals surface area (Å²) < 4.78 is 18.2. The van der Waals surface area contributed by atoms with Crippen molar-refractivity contribution < 1.29 is 18.7 Å². The summed E-state index contributed by atoms with van der Waals surface area (Å²) in [7, 11) is 0. The molecule has 130 valence electrons. The minimum atomic E-state index is -1.30. The molecule has 0 bridgehead atoms. The molecule has 2 aromatic rings. The first-order valence-electron chi connectivity index (χ1n) is 7.38. The van der Waals surface area contributed by atoms with Gasteiger partial charge in [0.1, 0.15) is 5.82 Å². The molecule has 0 saturated carbocycles. The van der Waals surface area contributed by atoms with Gasteiger partial charge in [0.15, 0.2) is 11.7 Å². The van der Waals surface area contributed by atoms with E-state index in [-0.39, 0.29) is 22.9 Å². The van der Waals surface area contributed by atoms with Crippen LogP contribution >= 0.6 is 23.2 Å². The molecular formula is C18H14Cl2FNO3. The average Bonchev–Trinajstić information content (AvgIpc) is 2.55. The first-order valence-corrected chi connectivity index (χ1v) is 8.13. The largest absolute Gasteiger partial charge is 0.465 e. The third-order valence-corrected chi connectivity index (χ3v) is 3.75. The summed E-state index contributed by atoms with van der Waals surface area (Å²) in [5, 5.41) is 0.480. The Kier molecular flexibility index (Phi) is 6.67. The molecule has 0 aromatic heterocycles. The highest BCUT2D eigenvalue weighted by molar-refractivity contribution is 6.37. The van der Waals surface area contributed by atoms with E-state index in [1.165, 1.54) is 36.4 Å². The van der Waals surface area contributed by atoms with Crippen molar-refractivity contribution in [2.45, 2.75) is 6.92 Å². The second-order valence-electron chi connectivity index (χ2n) is 4.98. The van der Waals surface area contributed by atoms with E-state index in [2.05, 4.69) is 4.99 Å². The number of ketones is 1. The van der Waals surface area contributed by atoms with Gasteiger partial charge in [-0.1, -0.05) is 29.3 Å². The Morgan fingerprint density at radius 1 is 1.24 bits per heavy atom. The fourth-order valence-corrected chi connectivity index (χ4v) is 2.54. The van der Waals surface area contributed by atoms with E-state index in [1.54, 1.807) is 13.0 Å². The van der Waals surface area contributed by atoms with Gasteiger partial charge in [0.25, 0.3) is 0 Å². The van der Waals surface area contributed by atoms with Gasteiger partial charge in [-0.3, -0.25) is 14.6 Å². The van der Waals surface area contributed by atoms with Crippen LogP contribution in [0.3, 0.4) is 0 Å². The van der Waals surface area contributed by atoms with Gasteiger partial charge in [-0.25, -0.2) is 4.39 Å². The minimum Gasteiger partial charge on any atom is -0.465 e. The van der Waals surface area contributed by atoms with Crippen LogP contribution in [0.5, 0.6) is 0 Å². The third-order valence-electron chi connectivity index (χ3n) is 3.20. The summed E-state index contributed by atoms with van der Waals surface area (Å²) in [4.78, 5) is 28.8. The van der Waals surface area contributed by atoms with E-state index in [0.717, 1.165) is 6.21 Å². The molecule has 0 N–H and O–H groups in total. The number of carbonyl (C=O) groups is 2. The molecule has 0 heterocycles. The van der Waals surface area contributed by atoms with Crippen molar-refractivity contribution in [3.05, 3.63) is 63.9 Å². The molecule has 0 aliphatic heterocycles. The Balaban J connectivity index is 2.35. The van der Waals surface area contributed by atoms with Crippen LogP contribution in [0.2, 0.25) is 10.0 Å². The maximum Gasteiger partial charge on any atom is 0.322 e. The van der Waals surface area contributed by atoms with Crippen molar-refractivity contribution in [2.75, 3.05) is 6.61 Å². The first kappa shape index (κ1) is 19.1. The van der Waals surface area contributed by atoms with Gasteiger partial charge in [-0.2, -0.15) is 0 Å². The van der Waals surface area contributed by atoms with Crippen molar-refractivity contribution in [1.82, 2.24) is 0 Å². The van der Waals surface area contributed by atoms with Crippen molar-refractivity contribution in [3.63, 3.8) is 0 Å². The Bertz CT molecular complexity index is 824. The quantitative estimate of drug-likeness (QED) is 0.309. The van der Waals surface area contributed by atoms with Crippen LogP contribution in [0.25, 0.3) is 0 Å². The summed E-state index contributed by atoms with van der Waals surface area (Å²) in [6.07, 6.45) is 1.13. The fourth-order valence-electron chi connectivity index (χ4n) is 2.04. The number of hydrogen-bond acceptors (Lipinski definition) is 4. The molecule has 25 heavy (non-hydrogen) atoms. The molecule has 0 radical (unpaired) electrons. The molecule has 7 heteroatoms. The number of benzene rings is 2. The maximum absolute atomic E-state index is 13.2. The van der Waals surface area contributed by atoms with Crippen molar-refractivity contribution in [1.29, 1.82) is 0 Å². The second kappa shape index (κ2) is 8.74. The van der Waals surface area contributed by atoms with Crippen molar-refractivity contribution in [2.24, 2.45) is 10.9 Å². The Hall–Kier alpha value is -2.24. The van der Waals surface area contributed by atoms with Crippen LogP contribution in [-0.4, -0.2) is 24.6 Å². The van der Waals surface area contributed by atoms with E-state index in [9.17, 15) is 14.0 Å². The van der Waals surface area contributed by atoms with E-state index in [1.807, 2.05) is 0 Å². The number of nitrogens with zero attached hydrogens (tertiary/aromatic N) is 1. The van der Waals surface area contributed by atoms with E-state index in [0.29, 0.717) is 5.02 Å². The number of aliphatic imine (C=N–C) groups is 1. The van der Waals surface area contributed by atoms with E-state index < -0.39 is 23.5 Å². The zero-order valence-electron chi connectivity index (χ0n) is 13.2. The predicted octanol–water partition coefficient (Wildman–Crippen LogP) is 4.90. The Labute approximate surface area is 154 Å². The lowest BCUT2D eigenvalue weighted by molar-refractivity contribution is -0.143. The Morgan fingerprint density at radius 3 is 2.64 bits per heavy atom. The number of rotatable bonds is 6. The number of ether oxygens (including phenoxy) is 1. The highest BCUT2D eigenvalue weighted by atomic mass is 35.5. The van der Waals surface area contributed by atoms with Crippen molar-refractivity contribution >= 4 is 46.9 Å². The highest BCUT2D eigenvalue weighted by Gasteiger charge is 2.29. The lowest BCUT2D eigenvalue weighted by Crippen LogP contribution is -2.28. The molecule has 0 amide bonds. The molecule has 4 nitrogen and oxygen atoms in total. The molecule has 2 rings (SSSR count). The molecule has 0 fully saturated rings. The number of halogens is 3. The molecule has 0 saturated heterocycles. The molecule has 0 spiro atoms. The lowest BCUT2D eigenvalue weighted by atomic mass is 9.98. The van der Waals surface area contributed by atoms with Crippen LogP contribution in [0.1, 0.15) is 17.3 Å². The Morgan fingerprint density at radius 2 is 2.00 bits per heavy atom. The molecule has 2 aromatic carbocycles. The highest BCUT2D eigenvalue weighted by Crippen LogP contribution is 2.24. The minimum absolute atomic E-state index is 0.102. The summed E-state index contributed by atoms with van der Waals surface area (Å²) in [5.74, 6) is -3.13. The van der Waals surface area contributed by atoms with Gasteiger partial charge >= 0.3 is 5.97 Å². The van der Waals surface area contributed by atoms with Crippen LogP contribution in [0, 0.1) is 11.7 Å². The summed E-state index contributed by atoms with van der Waals surface area (Å²) in [6, 6.07) is 9.78. The zero-order valence-corrected chi connectivity index (χ0v) is 14.7. The smallest absolute Gasteiger partial charge is 0.322 e. The van der Waals surface area contributed by atoms with Gasteiger partial charge in [0.05, 0.1) is 17.3 Å². The normalized spacial score (nSPS) is 12.2. The van der Waals surface area contributed by atoms with Gasteiger partial charge in [0.2, 0.25) is 0 Å². The van der Waals surface area contributed by atoms with Gasteiger partial charge in [-0.05, 0) is 43.3 Å². The molecule has 1 atom stereocenters. The fraction of sp³-hybridized carbons (Fsp3) is 0.167. The topological polar surface area (TPSA) is 55.7 Å². The van der Waals surface area contributed by atoms with Gasteiger partial charge in [0, 0.05) is 16.8 Å². The number of hydrogen-bond donors (Lipinski definition) is 0. The lowest BCUT2D eigenvalue weighted by Gasteiger charge is -2.11. The molecule has 0 aliphatic rings. The second-order valence-corrected chi connectivity index (χ2v) is 5.82. The molecule has 0 aliphatic carbocycles. The van der Waals surface area contributed by atoms with Crippen LogP contribution in [0.15, 0.2) is 47.5 Å². The summed E-state index contributed by atoms with van der Waals surface area (Å²) in [6.45, 7) is 1.73. The first-order chi connectivity index (χ1) is 11.9. The van der Waals surface area contributed by atoms with E-state index in [4.69, 9.17) is 27.9 Å². The van der Waals surface area contributed by atoms with Gasteiger partial charge in [-0.15, -0.1) is 0 Å². The SMILES string of the molecule is CCOC(=O)C(C=Nc1cccc(F)c1)C(=O)c1ccc(Cl)cc1Cl. The van der Waals surface area contributed by atoms with Crippen LogP contribution in [-0.2, 0) is 9.53 Å². The summed E-state index contributed by atoms with van der Waals surface area (Å²) >= 11 is 11.9. The molecular weight excluding hydrogens is 368 g/mol. The maximum atomic E-state index is 13.2. The standard InChI is InChI=1S/C18H14Cl2FNO3/c1-2-25-18(24)15(10-22-13-5-3-4-12(21)9-13)17(23)14-7-6-11(19)8-16(14)20/h3-10,15H,2H2,1H3. The zero-order chi connectivity index (χ0) is 18.4. The third kappa shape index (κ3) is 5.11. The predicted molar refractivity (Wildman–Crippen MR) is 95.5 cm³/mol. The average molecular weight is 382 g/mol. The van der Waals surface area contributed by atoms with Crippen molar-refractivity contribution in [3.8, 4) is 0 Å². The van der Waals surface area contributed by atoms with Crippen LogP contribution in [0.4, 0.5) is 10.1 Å². The monoisotopic (exact) mass is 381 g/mol. The van der Waals surface area contributed by atoms with Crippen LogP contribution < -0.4 is 0 Å². The summed E-state index contributed by atoms with van der Waals surface area (Å²) in [5.41, 5.74) is 0.388.